The summed E-state index contributed by atoms with van der Waals surface area (Å²) >= 11 is 0. The van der Waals surface area contributed by atoms with E-state index in [9.17, 15) is 26.7 Å². The maximum absolute atomic E-state index is 12.8. The van der Waals surface area contributed by atoms with Crippen molar-refractivity contribution in [1.29, 1.82) is 0 Å². The number of alkyl halides is 5. The molecule has 1 fully saturated rings. The average Bonchev–Trinajstić information content (AvgIpc) is 2.62. The summed E-state index contributed by atoms with van der Waals surface area (Å²) in [7, 11) is 0. The molecule has 1 amide bonds. The highest BCUT2D eigenvalue weighted by atomic mass is 19.4. The summed E-state index contributed by atoms with van der Waals surface area (Å²) in [5.41, 5.74) is 0. The monoisotopic (exact) mass is 263 g/mol. The number of carboxylic acid groups (broad SMARTS) is 1. The van der Waals surface area contributed by atoms with E-state index in [-0.39, 0.29) is 19.4 Å². The van der Waals surface area contributed by atoms with Gasteiger partial charge in [0.25, 0.3) is 0 Å². The zero-order valence-electron chi connectivity index (χ0n) is 8.42. The molecule has 0 aliphatic carbocycles. The fourth-order valence-corrected chi connectivity index (χ4v) is 1.77. The molecule has 0 saturated carbocycles. The molecule has 17 heavy (non-hydrogen) atoms. The van der Waals surface area contributed by atoms with Gasteiger partial charge in [-0.15, -0.1) is 0 Å². The number of hydrogen-bond donors (Lipinski definition) is 2. The number of hydrogen-bond acceptors (Lipinski definition) is 2. The first-order valence-corrected chi connectivity index (χ1v) is 4.71. The maximum Gasteiger partial charge on any atom is 0.456 e. The number of amides is 1. The van der Waals surface area contributed by atoms with Crippen molar-refractivity contribution in [2.45, 2.75) is 37.1 Å². The van der Waals surface area contributed by atoms with Crippen LogP contribution in [0.3, 0.4) is 0 Å². The molecular weight excluding hydrogens is 253 g/mol. The van der Waals surface area contributed by atoms with E-state index in [0.717, 1.165) is 0 Å². The predicted molar refractivity (Wildman–Crippen MR) is 44.8 cm³/mol. The lowest BCUT2D eigenvalue weighted by Crippen LogP contribution is -2.56. The fraction of sp³-hybridized carbons (Fsp3) is 0.875. The highest BCUT2D eigenvalue weighted by Gasteiger charge is 2.65. The van der Waals surface area contributed by atoms with Crippen molar-refractivity contribution < 1.29 is 37.0 Å². The van der Waals surface area contributed by atoms with Crippen LogP contribution >= 0.6 is 0 Å². The number of aliphatic hydroxyl groups excluding tert-OH is 1. The van der Waals surface area contributed by atoms with E-state index in [2.05, 4.69) is 0 Å². The van der Waals surface area contributed by atoms with E-state index in [1.54, 1.807) is 0 Å². The van der Waals surface area contributed by atoms with E-state index in [1.165, 1.54) is 0 Å². The number of rotatable bonds is 2. The Hall–Kier alpha value is -1.12. The molecule has 9 heteroatoms. The molecule has 100 valence electrons. The summed E-state index contributed by atoms with van der Waals surface area (Å²) in [6, 6.07) is -1.73. The standard InChI is InChI=1S/C8H10F5NO3/c9-7(10,8(11,12)13)5(15)4-2-1-3-14(4)6(16)17/h4-5,15H,1-3H2,(H,16,17). The van der Waals surface area contributed by atoms with Crippen molar-refractivity contribution in [3.05, 3.63) is 0 Å². The zero-order chi connectivity index (χ0) is 13.4. The molecule has 4 nitrogen and oxygen atoms in total. The van der Waals surface area contributed by atoms with Crippen LogP contribution in [0.4, 0.5) is 26.7 Å². The summed E-state index contributed by atoms with van der Waals surface area (Å²) in [6.07, 6.45) is -10.7. The molecule has 0 aromatic heterocycles. The third-order valence-corrected chi connectivity index (χ3v) is 2.66. The van der Waals surface area contributed by atoms with Crippen molar-refractivity contribution in [2.75, 3.05) is 6.54 Å². The molecule has 0 bridgehead atoms. The van der Waals surface area contributed by atoms with E-state index >= 15 is 0 Å². The minimum absolute atomic E-state index is 0.141. The number of likely N-dealkylation sites (tertiary alicyclic amines) is 1. The summed E-state index contributed by atoms with van der Waals surface area (Å²) in [4.78, 5) is 11.0. The van der Waals surface area contributed by atoms with Crippen LogP contribution in [-0.4, -0.2) is 52.0 Å². The van der Waals surface area contributed by atoms with Crippen LogP contribution in [0.1, 0.15) is 12.8 Å². The lowest BCUT2D eigenvalue weighted by Gasteiger charge is -2.32. The second kappa shape index (κ2) is 4.28. The molecule has 0 aromatic rings. The lowest BCUT2D eigenvalue weighted by molar-refractivity contribution is -0.318. The third kappa shape index (κ3) is 2.43. The SMILES string of the molecule is O=C(O)N1CCCC1C(O)C(F)(F)C(F)(F)F. The average molecular weight is 263 g/mol. The van der Waals surface area contributed by atoms with Crippen LogP contribution < -0.4 is 0 Å². The second-order valence-electron chi connectivity index (χ2n) is 3.75. The molecule has 1 rings (SSSR count). The van der Waals surface area contributed by atoms with Crippen LogP contribution in [0, 0.1) is 0 Å². The highest BCUT2D eigenvalue weighted by molar-refractivity contribution is 5.66. The van der Waals surface area contributed by atoms with Gasteiger partial charge in [0, 0.05) is 6.54 Å². The van der Waals surface area contributed by atoms with E-state index in [1.807, 2.05) is 0 Å². The van der Waals surface area contributed by atoms with Gasteiger partial charge in [0.1, 0.15) is 6.10 Å². The Kier molecular flexibility index (Phi) is 3.51. The van der Waals surface area contributed by atoms with Gasteiger partial charge in [-0.25, -0.2) is 4.79 Å². The molecule has 1 saturated heterocycles. The van der Waals surface area contributed by atoms with Gasteiger partial charge in [0.15, 0.2) is 0 Å². The number of halogens is 5. The van der Waals surface area contributed by atoms with Gasteiger partial charge in [-0.05, 0) is 12.8 Å². The van der Waals surface area contributed by atoms with Crippen molar-refractivity contribution >= 4 is 6.09 Å². The molecule has 1 aliphatic heterocycles. The molecule has 1 heterocycles. The van der Waals surface area contributed by atoms with Crippen molar-refractivity contribution in [2.24, 2.45) is 0 Å². The molecule has 0 aromatic carbocycles. The Morgan fingerprint density at radius 2 is 1.82 bits per heavy atom. The van der Waals surface area contributed by atoms with Gasteiger partial charge in [-0.1, -0.05) is 0 Å². The Balaban J connectivity index is 2.89. The summed E-state index contributed by atoms with van der Waals surface area (Å²) in [6.45, 7) is -0.162. The molecule has 0 spiro atoms. The molecular formula is C8H10F5NO3. The lowest BCUT2D eigenvalue weighted by atomic mass is 10.0. The number of aliphatic hydroxyl groups is 1. The Morgan fingerprint density at radius 1 is 1.29 bits per heavy atom. The Morgan fingerprint density at radius 3 is 2.24 bits per heavy atom. The zero-order valence-corrected chi connectivity index (χ0v) is 8.42. The normalized spacial score (nSPS) is 23.9. The maximum atomic E-state index is 12.8. The van der Waals surface area contributed by atoms with Gasteiger partial charge in [-0.3, -0.25) is 0 Å². The van der Waals surface area contributed by atoms with Gasteiger partial charge >= 0.3 is 18.2 Å². The summed E-state index contributed by atoms with van der Waals surface area (Å²) in [5, 5.41) is 17.6. The summed E-state index contributed by atoms with van der Waals surface area (Å²) < 4.78 is 61.6. The van der Waals surface area contributed by atoms with Crippen LogP contribution in [0.5, 0.6) is 0 Å². The van der Waals surface area contributed by atoms with Crippen molar-refractivity contribution in [3.8, 4) is 0 Å². The van der Waals surface area contributed by atoms with Crippen LogP contribution in [-0.2, 0) is 0 Å². The molecule has 2 unspecified atom stereocenters. The molecule has 1 aliphatic rings. The van der Waals surface area contributed by atoms with Crippen LogP contribution in [0.15, 0.2) is 0 Å². The van der Waals surface area contributed by atoms with Crippen molar-refractivity contribution in [1.82, 2.24) is 4.90 Å². The van der Waals surface area contributed by atoms with E-state index in [0.29, 0.717) is 4.90 Å². The molecule has 2 N–H and O–H groups in total. The third-order valence-electron chi connectivity index (χ3n) is 2.66. The highest BCUT2D eigenvalue weighted by Crippen LogP contribution is 2.41. The van der Waals surface area contributed by atoms with Gasteiger partial charge in [0.2, 0.25) is 0 Å². The molecule has 0 radical (unpaired) electrons. The van der Waals surface area contributed by atoms with Crippen LogP contribution in [0.2, 0.25) is 0 Å². The Labute approximate surface area is 92.6 Å². The summed E-state index contributed by atoms with van der Waals surface area (Å²) in [5.74, 6) is -5.32. The predicted octanol–water partition coefficient (Wildman–Crippen LogP) is 1.69. The van der Waals surface area contributed by atoms with Gasteiger partial charge in [0.05, 0.1) is 6.04 Å². The number of carbonyl (C=O) groups is 1. The molecule has 2 atom stereocenters. The van der Waals surface area contributed by atoms with Crippen molar-refractivity contribution in [3.63, 3.8) is 0 Å². The fourth-order valence-electron chi connectivity index (χ4n) is 1.77. The van der Waals surface area contributed by atoms with Crippen LogP contribution in [0.25, 0.3) is 0 Å². The van der Waals surface area contributed by atoms with Gasteiger partial charge < -0.3 is 15.1 Å². The van der Waals surface area contributed by atoms with E-state index in [4.69, 9.17) is 10.2 Å². The van der Waals surface area contributed by atoms with Gasteiger partial charge in [-0.2, -0.15) is 22.0 Å². The first kappa shape index (κ1) is 13.9. The first-order valence-electron chi connectivity index (χ1n) is 4.71. The Bertz CT molecular complexity index is 306. The quantitative estimate of drug-likeness (QED) is 0.745. The largest absolute Gasteiger partial charge is 0.465 e. The smallest absolute Gasteiger partial charge is 0.456 e. The first-order chi connectivity index (χ1) is 7.59. The topological polar surface area (TPSA) is 60.8 Å². The minimum atomic E-state index is -5.90. The minimum Gasteiger partial charge on any atom is -0.465 e. The van der Waals surface area contributed by atoms with E-state index < -0.39 is 30.3 Å². The number of nitrogens with zero attached hydrogens (tertiary/aromatic N) is 1. The second-order valence-corrected chi connectivity index (χ2v) is 3.75.